The number of amidine groups is 1. The van der Waals surface area contributed by atoms with E-state index in [1.807, 2.05) is 19.2 Å². The van der Waals surface area contributed by atoms with Crippen LogP contribution in [0.15, 0.2) is 47.7 Å². The Hall–Kier alpha value is -1.77. The van der Waals surface area contributed by atoms with Crippen LogP contribution < -0.4 is 11.1 Å². The summed E-state index contributed by atoms with van der Waals surface area (Å²) in [6, 6.07) is 0. The summed E-state index contributed by atoms with van der Waals surface area (Å²) in [6.45, 7) is 3.77. The van der Waals surface area contributed by atoms with Gasteiger partial charge in [0.15, 0.2) is 0 Å². The van der Waals surface area contributed by atoms with Crippen LogP contribution in [-0.2, 0) is 0 Å². The monoisotopic (exact) mass is 203 g/mol. The second kappa shape index (κ2) is 5.20. The van der Waals surface area contributed by atoms with E-state index < -0.39 is 0 Å². The molecule has 0 aliphatic heterocycles. The first-order valence-corrected chi connectivity index (χ1v) is 4.89. The second-order valence-electron chi connectivity index (χ2n) is 3.50. The van der Waals surface area contributed by atoms with E-state index in [0.717, 1.165) is 12.1 Å². The normalized spacial score (nSPS) is 15.0. The van der Waals surface area contributed by atoms with Crippen molar-refractivity contribution in [3.05, 3.63) is 47.7 Å². The lowest BCUT2D eigenvalue weighted by atomic mass is 10.0. The van der Waals surface area contributed by atoms with E-state index in [-0.39, 0.29) is 5.84 Å². The third kappa shape index (κ3) is 3.46. The minimum Gasteiger partial charge on any atom is -0.388 e. The van der Waals surface area contributed by atoms with E-state index in [0.29, 0.717) is 12.0 Å². The highest BCUT2D eigenvalue weighted by Crippen LogP contribution is 2.17. The quantitative estimate of drug-likeness (QED) is 0.482. The van der Waals surface area contributed by atoms with Crippen molar-refractivity contribution in [2.45, 2.75) is 12.8 Å². The lowest BCUT2D eigenvalue weighted by molar-refractivity contribution is 1.03. The van der Waals surface area contributed by atoms with Gasteiger partial charge in [0.25, 0.3) is 0 Å². The molecule has 1 rings (SSSR count). The van der Waals surface area contributed by atoms with Crippen LogP contribution in [0.5, 0.6) is 0 Å². The number of nitrogens with two attached hydrogens (primary N) is 1. The van der Waals surface area contributed by atoms with Gasteiger partial charge in [0, 0.05) is 12.7 Å². The van der Waals surface area contributed by atoms with Crippen molar-refractivity contribution in [1.29, 1.82) is 5.41 Å². The Bertz CT molecular complexity index is 359. The summed E-state index contributed by atoms with van der Waals surface area (Å²) in [6.07, 6.45) is 9.77. The van der Waals surface area contributed by atoms with Gasteiger partial charge in [-0.05, 0) is 30.6 Å². The van der Waals surface area contributed by atoms with Gasteiger partial charge in [-0.15, -0.1) is 0 Å². The summed E-state index contributed by atoms with van der Waals surface area (Å²) in [7, 11) is 1.89. The molecule has 0 saturated carbocycles. The van der Waals surface area contributed by atoms with Gasteiger partial charge in [0.05, 0.1) is 0 Å². The van der Waals surface area contributed by atoms with E-state index >= 15 is 0 Å². The number of nitrogens with one attached hydrogen (secondary N) is 2. The number of likely N-dealkylation sites (N-methyl/N-ethyl adjacent to an activating group) is 1. The van der Waals surface area contributed by atoms with Crippen molar-refractivity contribution in [3.63, 3.8) is 0 Å². The zero-order valence-electron chi connectivity index (χ0n) is 9.01. The molecule has 0 aromatic carbocycles. The van der Waals surface area contributed by atoms with Crippen LogP contribution in [0.2, 0.25) is 0 Å². The van der Waals surface area contributed by atoms with Crippen LogP contribution in [0.25, 0.3) is 0 Å². The predicted octanol–water partition coefficient (Wildman–Crippen LogP) is 1.86. The van der Waals surface area contributed by atoms with Crippen molar-refractivity contribution < 1.29 is 0 Å². The van der Waals surface area contributed by atoms with Gasteiger partial charge in [-0.25, -0.2) is 0 Å². The second-order valence-corrected chi connectivity index (χ2v) is 3.50. The number of rotatable bonds is 4. The molecule has 0 radical (unpaired) electrons. The van der Waals surface area contributed by atoms with Gasteiger partial charge in [-0.2, -0.15) is 0 Å². The molecule has 0 fully saturated rings. The van der Waals surface area contributed by atoms with Gasteiger partial charge < -0.3 is 11.1 Å². The zero-order chi connectivity index (χ0) is 11.3. The molecule has 0 spiro atoms. The Kier molecular flexibility index (Phi) is 3.92. The molecule has 0 aromatic rings. The Morgan fingerprint density at radius 3 is 2.93 bits per heavy atom. The molecule has 0 unspecified atom stereocenters. The molecule has 0 amide bonds. The highest BCUT2D eigenvalue weighted by molar-refractivity contribution is 5.94. The molecule has 80 valence electrons. The van der Waals surface area contributed by atoms with Gasteiger partial charge in [0.1, 0.15) is 5.84 Å². The molecule has 15 heavy (non-hydrogen) atoms. The average molecular weight is 203 g/mol. The third-order valence-electron chi connectivity index (χ3n) is 2.29. The fourth-order valence-electron chi connectivity index (χ4n) is 1.34. The summed E-state index contributed by atoms with van der Waals surface area (Å²) >= 11 is 0. The highest BCUT2D eigenvalue weighted by Gasteiger charge is 2.03. The van der Waals surface area contributed by atoms with Crippen molar-refractivity contribution in [1.82, 2.24) is 5.32 Å². The van der Waals surface area contributed by atoms with Crippen molar-refractivity contribution in [2.24, 2.45) is 5.73 Å². The smallest absolute Gasteiger partial charge is 0.118 e. The van der Waals surface area contributed by atoms with Crippen LogP contribution in [0, 0.1) is 5.41 Å². The summed E-state index contributed by atoms with van der Waals surface area (Å²) in [5, 5.41) is 10.3. The summed E-state index contributed by atoms with van der Waals surface area (Å²) < 4.78 is 0. The summed E-state index contributed by atoms with van der Waals surface area (Å²) in [5.41, 5.74) is 8.33. The highest BCUT2D eigenvalue weighted by atomic mass is 14.8. The zero-order valence-corrected chi connectivity index (χ0v) is 9.01. The van der Waals surface area contributed by atoms with E-state index in [4.69, 9.17) is 11.1 Å². The van der Waals surface area contributed by atoms with Crippen molar-refractivity contribution in [3.8, 4) is 0 Å². The van der Waals surface area contributed by atoms with Crippen molar-refractivity contribution >= 4 is 5.84 Å². The first kappa shape index (κ1) is 11.3. The van der Waals surface area contributed by atoms with Crippen molar-refractivity contribution in [2.75, 3.05) is 7.05 Å². The SMILES string of the molecule is C=C(CC1=CC=C(NC)C=CC1)C(=N)N. The predicted molar refractivity (Wildman–Crippen MR) is 64.7 cm³/mol. The van der Waals surface area contributed by atoms with E-state index in [1.165, 1.54) is 5.57 Å². The molecule has 1 aliphatic carbocycles. The number of hydrogen-bond acceptors (Lipinski definition) is 2. The topological polar surface area (TPSA) is 61.9 Å². The van der Waals surface area contributed by atoms with E-state index in [1.54, 1.807) is 0 Å². The van der Waals surface area contributed by atoms with Crippen LogP contribution >= 0.6 is 0 Å². The molecule has 0 saturated heterocycles. The van der Waals surface area contributed by atoms with E-state index in [9.17, 15) is 0 Å². The Labute approximate surface area is 90.6 Å². The maximum atomic E-state index is 7.25. The fraction of sp³-hybridized carbons (Fsp3) is 0.250. The molecular weight excluding hydrogens is 186 g/mol. The molecule has 0 bridgehead atoms. The standard InChI is InChI=1S/C12H17N3/c1-9(12(13)14)8-10-4-3-5-11(15-2)7-6-10/h3,5-7,15H,1,4,8H2,2H3,(H3,13,14). The number of hydrogen-bond donors (Lipinski definition) is 3. The largest absolute Gasteiger partial charge is 0.388 e. The minimum absolute atomic E-state index is 0.0712. The lowest BCUT2D eigenvalue weighted by Crippen LogP contribution is -2.12. The maximum absolute atomic E-state index is 7.25. The fourth-order valence-corrected chi connectivity index (χ4v) is 1.34. The Balaban J connectivity index is 2.69. The van der Waals surface area contributed by atoms with Crippen LogP contribution in [0.4, 0.5) is 0 Å². The van der Waals surface area contributed by atoms with Crippen LogP contribution in [-0.4, -0.2) is 12.9 Å². The van der Waals surface area contributed by atoms with E-state index in [2.05, 4.69) is 24.0 Å². The molecule has 0 heterocycles. The van der Waals surface area contributed by atoms with Gasteiger partial charge in [-0.3, -0.25) is 5.41 Å². The molecule has 3 nitrogen and oxygen atoms in total. The molecule has 0 aromatic heterocycles. The van der Waals surface area contributed by atoms with Gasteiger partial charge >= 0.3 is 0 Å². The van der Waals surface area contributed by atoms with Gasteiger partial charge in [0.2, 0.25) is 0 Å². The third-order valence-corrected chi connectivity index (χ3v) is 2.29. The number of allylic oxidation sites excluding steroid dienone is 5. The lowest BCUT2D eigenvalue weighted by Gasteiger charge is -2.05. The minimum atomic E-state index is 0.0712. The average Bonchev–Trinajstić information content (AvgIpc) is 2.43. The van der Waals surface area contributed by atoms with Crippen LogP contribution in [0.1, 0.15) is 12.8 Å². The first-order valence-electron chi connectivity index (χ1n) is 4.89. The molecular formula is C12H17N3. The summed E-state index contributed by atoms with van der Waals surface area (Å²) in [4.78, 5) is 0. The molecule has 4 N–H and O–H groups in total. The summed E-state index contributed by atoms with van der Waals surface area (Å²) in [5.74, 6) is 0.0712. The van der Waals surface area contributed by atoms with Crippen LogP contribution in [0.3, 0.4) is 0 Å². The van der Waals surface area contributed by atoms with Gasteiger partial charge in [-0.1, -0.05) is 24.3 Å². The Morgan fingerprint density at radius 1 is 1.60 bits per heavy atom. The Morgan fingerprint density at radius 2 is 2.33 bits per heavy atom. The molecule has 0 atom stereocenters. The molecule has 3 heteroatoms. The molecule has 1 aliphatic rings. The maximum Gasteiger partial charge on any atom is 0.118 e. The first-order chi connectivity index (χ1) is 7.13.